The lowest BCUT2D eigenvalue weighted by Gasteiger charge is -2.14. The molecule has 0 radical (unpaired) electrons. The number of hydrogen-bond donors (Lipinski definition) is 1. The molecule has 4 nitrogen and oxygen atoms in total. The fourth-order valence-corrected chi connectivity index (χ4v) is 1.52. The Morgan fingerprint density at radius 1 is 1.11 bits per heavy atom. The highest BCUT2D eigenvalue weighted by molar-refractivity contribution is 5.27. The number of ether oxygens (including phenoxy) is 3. The lowest BCUT2D eigenvalue weighted by atomic mass is 10.2. The van der Waals surface area contributed by atoms with E-state index in [1.165, 1.54) is 5.56 Å². The summed E-state index contributed by atoms with van der Waals surface area (Å²) < 4.78 is 15.7. The second-order valence-electron chi connectivity index (χ2n) is 4.02. The van der Waals surface area contributed by atoms with E-state index < -0.39 is 0 Å². The van der Waals surface area contributed by atoms with Crippen LogP contribution in [0.4, 0.5) is 0 Å². The van der Waals surface area contributed by atoms with E-state index in [9.17, 15) is 0 Å². The molecule has 0 spiro atoms. The largest absolute Gasteiger partial charge is 0.494 e. The van der Waals surface area contributed by atoms with Gasteiger partial charge in [0.25, 0.3) is 0 Å². The van der Waals surface area contributed by atoms with E-state index in [1.54, 1.807) is 14.2 Å². The fourth-order valence-electron chi connectivity index (χ4n) is 1.52. The first-order valence-electron chi connectivity index (χ1n) is 6.28. The summed E-state index contributed by atoms with van der Waals surface area (Å²) in [5, 5.41) is 3.28. The summed E-state index contributed by atoms with van der Waals surface area (Å²) in [6.07, 6.45) is 0.829. The third-order valence-electron chi connectivity index (χ3n) is 2.56. The fraction of sp³-hybridized carbons (Fsp3) is 0.571. The van der Waals surface area contributed by atoms with Gasteiger partial charge in [-0.25, -0.2) is 0 Å². The predicted molar refractivity (Wildman–Crippen MR) is 71.7 cm³/mol. The van der Waals surface area contributed by atoms with Gasteiger partial charge < -0.3 is 19.5 Å². The molecular weight excluding hydrogens is 230 g/mol. The van der Waals surface area contributed by atoms with Crippen LogP contribution < -0.4 is 10.1 Å². The highest BCUT2D eigenvalue weighted by atomic mass is 16.7. The van der Waals surface area contributed by atoms with Crippen LogP contribution >= 0.6 is 0 Å². The van der Waals surface area contributed by atoms with E-state index in [-0.39, 0.29) is 6.29 Å². The molecule has 102 valence electrons. The van der Waals surface area contributed by atoms with Gasteiger partial charge in [-0.05, 0) is 24.1 Å². The van der Waals surface area contributed by atoms with E-state index in [1.807, 2.05) is 12.1 Å². The summed E-state index contributed by atoms with van der Waals surface area (Å²) in [4.78, 5) is 0. The van der Waals surface area contributed by atoms with Crippen LogP contribution in [-0.4, -0.2) is 33.7 Å². The maximum absolute atomic E-state index is 5.53. The van der Waals surface area contributed by atoms with Crippen molar-refractivity contribution in [3.63, 3.8) is 0 Å². The van der Waals surface area contributed by atoms with Gasteiger partial charge in [0, 0.05) is 27.3 Å². The summed E-state index contributed by atoms with van der Waals surface area (Å²) in [5.74, 6) is 0.923. The van der Waals surface area contributed by atoms with Gasteiger partial charge in [0.15, 0.2) is 6.29 Å². The first kappa shape index (κ1) is 15.0. The number of hydrogen-bond acceptors (Lipinski definition) is 4. The molecule has 1 N–H and O–H groups in total. The van der Waals surface area contributed by atoms with Crippen LogP contribution in [0.15, 0.2) is 24.3 Å². The van der Waals surface area contributed by atoms with Gasteiger partial charge in [0.1, 0.15) is 5.75 Å². The zero-order valence-corrected chi connectivity index (χ0v) is 11.4. The van der Waals surface area contributed by atoms with Crippen molar-refractivity contribution in [1.82, 2.24) is 5.32 Å². The lowest BCUT2D eigenvalue weighted by Crippen LogP contribution is -2.29. The summed E-state index contributed by atoms with van der Waals surface area (Å²) in [6.45, 7) is 4.32. The van der Waals surface area contributed by atoms with Crippen LogP contribution in [0.25, 0.3) is 0 Å². The molecule has 1 aromatic carbocycles. The molecule has 18 heavy (non-hydrogen) atoms. The van der Waals surface area contributed by atoms with Crippen molar-refractivity contribution in [3.8, 4) is 5.75 Å². The summed E-state index contributed by atoms with van der Waals surface area (Å²) >= 11 is 0. The zero-order chi connectivity index (χ0) is 13.2. The lowest BCUT2D eigenvalue weighted by molar-refractivity contribution is -0.0989. The van der Waals surface area contributed by atoms with Gasteiger partial charge in [-0.15, -0.1) is 0 Å². The third-order valence-corrected chi connectivity index (χ3v) is 2.56. The van der Waals surface area contributed by atoms with Crippen LogP contribution in [0, 0.1) is 0 Å². The Bertz CT molecular complexity index is 309. The molecule has 0 aliphatic carbocycles. The Balaban J connectivity index is 2.30. The first-order valence-corrected chi connectivity index (χ1v) is 6.28. The van der Waals surface area contributed by atoms with Crippen molar-refractivity contribution in [2.45, 2.75) is 26.2 Å². The van der Waals surface area contributed by atoms with Crippen molar-refractivity contribution in [2.75, 3.05) is 27.4 Å². The molecule has 0 heterocycles. The quantitative estimate of drug-likeness (QED) is 0.685. The third kappa shape index (κ3) is 5.49. The van der Waals surface area contributed by atoms with Gasteiger partial charge in [-0.2, -0.15) is 0 Å². The van der Waals surface area contributed by atoms with Crippen LogP contribution in [0.1, 0.15) is 18.9 Å². The highest BCUT2D eigenvalue weighted by Gasteiger charge is 2.03. The minimum atomic E-state index is -0.197. The highest BCUT2D eigenvalue weighted by Crippen LogP contribution is 2.12. The van der Waals surface area contributed by atoms with Crippen molar-refractivity contribution in [3.05, 3.63) is 29.8 Å². The Kier molecular flexibility index (Phi) is 7.41. The molecule has 0 fully saturated rings. The van der Waals surface area contributed by atoms with Crippen molar-refractivity contribution >= 4 is 0 Å². The van der Waals surface area contributed by atoms with E-state index in [0.29, 0.717) is 6.54 Å². The number of nitrogens with one attached hydrogen (secondary N) is 1. The average Bonchev–Trinajstić information content (AvgIpc) is 2.42. The SMILES string of the molecule is CCCOc1ccc(CNCC(OC)OC)cc1. The molecule has 0 saturated heterocycles. The Morgan fingerprint density at radius 3 is 2.33 bits per heavy atom. The van der Waals surface area contributed by atoms with Gasteiger partial charge in [-0.3, -0.25) is 0 Å². The summed E-state index contributed by atoms with van der Waals surface area (Å²) in [5.41, 5.74) is 1.21. The molecule has 1 rings (SSSR count). The monoisotopic (exact) mass is 253 g/mol. The normalized spacial score (nSPS) is 10.9. The van der Waals surface area contributed by atoms with Crippen LogP contribution in [-0.2, 0) is 16.0 Å². The van der Waals surface area contributed by atoms with Crippen molar-refractivity contribution < 1.29 is 14.2 Å². The molecular formula is C14H23NO3. The first-order chi connectivity index (χ1) is 8.80. The van der Waals surface area contributed by atoms with Crippen LogP contribution in [0.3, 0.4) is 0 Å². The molecule has 0 bridgehead atoms. The molecule has 0 aliphatic heterocycles. The molecule has 0 aromatic heterocycles. The number of methoxy groups -OCH3 is 2. The van der Waals surface area contributed by atoms with Gasteiger partial charge >= 0.3 is 0 Å². The standard InChI is InChI=1S/C14H23NO3/c1-4-9-18-13-7-5-12(6-8-13)10-15-11-14(16-2)17-3/h5-8,14-15H,4,9-11H2,1-3H3. The average molecular weight is 253 g/mol. The summed E-state index contributed by atoms with van der Waals surface area (Å²) in [7, 11) is 3.27. The molecule has 0 unspecified atom stereocenters. The van der Waals surface area contributed by atoms with Crippen LogP contribution in [0.5, 0.6) is 5.75 Å². The molecule has 0 saturated carbocycles. The zero-order valence-electron chi connectivity index (χ0n) is 11.4. The molecule has 4 heteroatoms. The molecule has 1 aromatic rings. The van der Waals surface area contributed by atoms with Crippen molar-refractivity contribution in [2.24, 2.45) is 0 Å². The Labute approximate surface area is 109 Å². The summed E-state index contributed by atoms with van der Waals surface area (Å²) in [6, 6.07) is 8.12. The predicted octanol–water partition coefficient (Wildman–Crippen LogP) is 2.18. The molecule has 0 atom stereocenters. The van der Waals surface area contributed by atoms with E-state index >= 15 is 0 Å². The minimum absolute atomic E-state index is 0.197. The topological polar surface area (TPSA) is 39.7 Å². The van der Waals surface area contributed by atoms with Gasteiger partial charge in [0.2, 0.25) is 0 Å². The number of benzene rings is 1. The molecule has 0 amide bonds. The Hall–Kier alpha value is -1.10. The smallest absolute Gasteiger partial charge is 0.169 e. The Morgan fingerprint density at radius 2 is 1.78 bits per heavy atom. The van der Waals surface area contributed by atoms with E-state index in [4.69, 9.17) is 14.2 Å². The second kappa shape index (κ2) is 8.91. The second-order valence-corrected chi connectivity index (χ2v) is 4.02. The van der Waals surface area contributed by atoms with E-state index in [2.05, 4.69) is 24.4 Å². The van der Waals surface area contributed by atoms with Crippen LogP contribution in [0.2, 0.25) is 0 Å². The maximum atomic E-state index is 5.53. The maximum Gasteiger partial charge on any atom is 0.169 e. The van der Waals surface area contributed by atoms with Gasteiger partial charge in [0.05, 0.1) is 6.61 Å². The molecule has 0 aliphatic rings. The van der Waals surface area contributed by atoms with E-state index in [0.717, 1.165) is 25.3 Å². The van der Waals surface area contributed by atoms with Crippen molar-refractivity contribution in [1.29, 1.82) is 0 Å². The van der Waals surface area contributed by atoms with Gasteiger partial charge in [-0.1, -0.05) is 19.1 Å². The minimum Gasteiger partial charge on any atom is -0.494 e. The number of rotatable bonds is 9.